The second kappa shape index (κ2) is 8.97. The van der Waals surface area contributed by atoms with Gasteiger partial charge < -0.3 is 0 Å². The summed E-state index contributed by atoms with van der Waals surface area (Å²) in [5.74, 6) is 3.31. The Hall–Kier alpha value is -1.37. The summed E-state index contributed by atoms with van der Waals surface area (Å²) < 4.78 is 15.3. The van der Waals surface area contributed by atoms with E-state index in [1.54, 1.807) is 0 Å². The van der Waals surface area contributed by atoms with E-state index in [1.165, 1.54) is 69.8 Å². The molecule has 1 heteroatoms. The first kappa shape index (κ1) is 19.9. The van der Waals surface area contributed by atoms with E-state index in [9.17, 15) is 0 Å². The molecule has 2 aliphatic rings. The molecular formula is C27H37F. The van der Waals surface area contributed by atoms with Crippen LogP contribution in [0.5, 0.6) is 0 Å². The van der Waals surface area contributed by atoms with Crippen molar-refractivity contribution in [2.24, 2.45) is 17.8 Å². The topological polar surface area (TPSA) is 0 Å². The minimum Gasteiger partial charge on any atom is -0.206 e. The molecule has 2 fully saturated rings. The van der Waals surface area contributed by atoms with E-state index >= 15 is 4.39 Å². The highest BCUT2D eigenvalue weighted by atomic mass is 19.1. The number of fused-ring (bicyclic) bond motifs is 1. The molecule has 152 valence electrons. The Morgan fingerprint density at radius 1 is 0.821 bits per heavy atom. The highest BCUT2D eigenvalue weighted by Crippen LogP contribution is 2.45. The molecule has 0 amide bonds. The number of benzene rings is 2. The maximum atomic E-state index is 15.3. The van der Waals surface area contributed by atoms with Gasteiger partial charge in [-0.05, 0) is 85.1 Å². The molecule has 0 saturated heterocycles. The normalized spacial score (nSPS) is 28.5. The predicted octanol–water partition coefficient (Wildman–Crippen LogP) is 8.42. The summed E-state index contributed by atoms with van der Waals surface area (Å²) in [6, 6.07) is 10.5. The van der Waals surface area contributed by atoms with E-state index in [4.69, 9.17) is 0 Å². The van der Waals surface area contributed by atoms with Crippen molar-refractivity contribution in [2.75, 3.05) is 0 Å². The third-order valence-corrected chi connectivity index (χ3v) is 7.92. The Kier molecular flexibility index (Phi) is 6.38. The molecule has 0 nitrogen and oxygen atoms in total. The van der Waals surface area contributed by atoms with Crippen molar-refractivity contribution < 1.29 is 4.39 Å². The highest BCUT2D eigenvalue weighted by molar-refractivity contribution is 5.84. The number of aryl methyl sites for hydroxylation is 1. The van der Waals surface area contributed by atoms with E-state index in [1.807, 2.05) is 6.07 Å². The lowest BCUT2D eigenvalue weighted by molar-refractivity contribution is 0.156. The van der Waals surface area contributed by atoms with Gasteiger partial charge in [0.15, 0.2) is 0 Å². The first-order valence-corrected chi connectivity index (χ1v) is 11.9. The van der Waals surface area contributed by atoms with Crippen LogP contribution in [0.3, 0.4) is 0 Å². The fraction of sp³-hybridized carbons (Fsp3) is 0.630. The lowest BCUT2D eigenvalue weighted by Crippen LogP contribution is -2.25. The van der Waals surface area contributed by atoms with Gasteiger partial charge in [0, 0.05) is 5.39 Å². The molecule has 28 heavy (non-hydrogen) atoms. The van der Waals surface area contributed by atoms with Gasteiger partial charge in [-0.2, -0.15) is 0 Å². The molecule has 0 aliphatic heterocycles. The average molecular weight is 381 g/mol. The molecule has 0 bridgehead atoms. The first-order valence-electron chi connectivity index (χ1n) is 11.9. The predicted molar refractivity (Wildman–Crippen MR) is 118 cm³/mol. The fourth-order valence-corrected chi connectivity index (χ4v) is 6.15. The Balaban J connectivity index is 1.39. The molecule has 0 atom stereocenters. The maximum absolute atomic E-state index is 15.3. The molecule has 2 saturated carbocycles. The zero-order chi connectivity index (χ0) is 19.5. The first-order chi connectivity index (χ1) is 13.7. The zero-order valence-corrected chi connectivity index (χ0v) is 17.9. The zero-order valence-electron chi connectivity index (χ0n) is 17.9. The summed E-state index contributed by atoms with van der Waals surface area (Å²) in [6.07, 6.45) is 14.6. The fourth-order valence-electron chi connectivity index (χ4n) is 6.15. The third-order valence-electron chi connectivity index (χ3n) is 7.92. The number of halogens is 1. The molecular weight excluding hydrogens is 343 g/mol. The standard InChI is InChI=1S/C27H37F/c1-3-5-20-6-9-21(10-7-20)22-11-13-23(14-12-22)25-17-15-24-18-19(4-2)8-16-26(24)27(25)28/h8,15-18,20-23H,3-7,9-14H2,1-2H3. The van der Waals surface area contributed by atoms with Gasteiger partial charge in [-0.15, -0.1) is 0 Å². The summed E-state index contributed by atoms with van der Waals surface area (Å²) in [7, 11) is 0. The van der Waals surface area contributed by atoms with Crippen LogP contribution in [0.1, 0.15) is 95.1 Å². The van der Waals surface area contributed by atoms with E-state index in [2.05, 4.69) is 38.1 Å². The minimum absolute atomic E-state index is 0.0451. The number of rotatable bonds is 5. The molecule has 0 unspecified atom stereocenters. The third kappa shape index (κ3) is 4.14. The maximum Gasteiger partial charge on any atom is 0.134 e. The van der Waals surface area contributed by atoms with Crippen LogP contribution in [-0.2, 0) is 6.42 Å². The van der Waals surface area contributed by atoms with Crippen molar-refractivity contribution in [1.29, 1.82) is 0 Å². The van der Waals surface area contributed by atoms with Crippen molar-refractivity contribution in [3.8, 4) is 0 Å². The van der Waals surface area contributed by atoms with E-state index in [0.717, 1.165) is 40.5 Å². The van der Waals surface area contributed by atoms with Crippen molar-refractivity contribution >= 4 is 10.8 Å². The molecule has 2 aromatic rings. The molecule has 0 heterocycles. The summed E-state index contributed by atoms with van der Waals surface area (Å²) >= 11 is 0. The Morgan fingerprint density at radius 3 is 2.14 bits per heavy atom. The van der Waals surface area contributed by atoms with Crippen LogP contribution in [0.4, 0.5) is 4.39 Å². The monoisotopic (exact) mass is 380 g/mol. The van der Waals surface area contributed by atoms with Gasteiger partial charge in [0.25, 0.3) is 0 Å². The summed E-state index contributed by atoms with van der Waals surface area (Å²) in [4.78, 5) is 0. The van der Waals surface area contributed by atoms with Gasteiger partial charge in [-0.25, -0.2) is 4.39 Å². The van der Waals surface area contributed by atoms with Crippen LogP contribution in [-0.4, -0.2) is 0 Å². The molecule has 0 N–H and O–H groups in total. The van der Waals surface area contributed by atoms with Crippen LogP contribution in [0.2, 0.25) is 0 Å². The lowest BCUT2D eigenvalue weighted by atomic mass is 9.68. The minimum atomic E-state index is 0.0451. The molecule has 0 radical (unpaired) electrons. The quantitative estimate of drug-likeness (QED) is 0.488. The van der Waals surface area contributed by atoms with Gasteiger partial charge in [-0.3, -0.25) is 0 Å². The molecule has 2 aliphatic carbocycles. The second-order valence-corrected chi connectivity index (χ2v) is 9.56. The number of hydrogen-bond acceptors (Lipinski definition) is 0. The van der Waals surface area contributed by atoms with Crippen molar-refractivity contribution in [1.82, 2.24) is 0 Å². The van der Waals surface area contributed by atoms with Gasteiger partial charge in [0.1, 0.15) is 5.82 Å². The molecule has 0 aromatic heterocycles. The van der Waals surface area contributed by atoms with E-state index < -0.39 is 0 Å². The Labute approximate surface area is 170 Å². The van der Waals surface area contributed by atoms with Crippen LogP contribution < -0.4 is 0 Å². The van der Waals surface area contributed by atoms with Crippen molar-refractivity contribution in [3.63, 3.8) is 0 Å². The smallest absolute Gasteiger partial charge is 0.134 e. The lowest BCUT2D eigenvalue weighted by Gasteiger charge is -2.38. The average Bonchev–Trinajstić information content (AvgIpc) is 2.75. The molecule has 4 rings (SSSR count). The van der Waals surface area contributed by atoms with Crippen LogP contribution in [0.15, 0.2) is 30.3 Å². The van der Waals surface area contributed by atoms with E-state index in [0.29, 0.717) is 5.92 Å². The van der Waals surface area contributed by atoms with Crippen LogP contribution in [0.25, 0.3) is 10.8 Å². The summed E-state index contributed by atoms with van der Waals surface area (Å²) in [6.45, 7) is 4.47. The van der Waals surface area contributed by atoms with Gasteiger partial charge >= 0.3 is 0 Å². The highest BCUT2D eigenvalue weighted by Gasteiger charge is 2.32. The van der Waals surface area contributed by atoms with Gasteiger partial charge in [0.05, 0.1) is 0 Å². The van der Waals surface area contributed by atoms with Gasteiger partial charge in [-0.1, -0.05) is 69.9 Å². The molecule has 2 aromatic carbocycles. The van der Waals surface area contributed by atoms with Crippen LogP contribution in [0, 0.1) is 23.6 Å². The van der Waals surface area contributed by atoms with E-state index in [-0.39, 0.29) is 5.82 Å². The Bertz CT molecular complexity index is 776. The van der Waals surface area contributed by atoms with Crippen molar-refractivity contribution in [2.45, 2.75) is 90.4 Å². The van der Waals surface area contributed by atoms with Crippen molar-refractivity contribution in [3.05, 3.63) is 47.3 Å². The number of hydrogen-bond donors (Lipinski definition) is 0. The SMILES string of the molecule is CCCC1CCC(C2CCC(c3ccc4cc(CC)ccc4c3F)CC2)CC1. The summed E-state index contributed by atoms with van der Waals surface area (Å²) in [5, 5.41) is 1.86. The Morgan fingerprint density at radius 2 is 1.50 bits per heavy atom. The molecule has 0 spiro atoms. The second-order valence-electron chi connectivity index (χ2n) is 9.56. The largest absolute Gasteiger partial charge is 0.206 e. The summed E-state index contributed by atoms with van der Waals surface area (Å²) in [5.41, 5.74) is 2.26. The van der Waals surface area contributed by atoms with Crippen LogP contribution >= 0.6 is 0 Å². The van der Waals surface area contributed by atoms with Gasteiger partial charge in [0.2, 0.25) is 0 Å².